The number of nitrogens with zero attached hydrogens (tertiary/aromatic N) is 1. The van der Waals surface area contributed by atoms with Crippen molar-refractivity contribution in [3.63, 3.8) is 0 Å². The number of carbonyl (C=O) groups excluding carboxylic acids is 1. The van der Waals surface area contributed by atoms with Gasteiger partial charge in [0.05, 0.1) is 12.7 Å². The van der Waals surface area contributed by atoms with Crippen molar-refractivity contribution in [2.45, 2.75) is 78.4 Å². The number of hydrogen-bond donors (Lipinski definition) is 1. The van der Waals surface area contributed by atoms with Crippen molar-refractivity contribution >= 4 is 5.91 Å². The fourth-order valence-electron chi connectivity index (χ4n) is 2.87. The van der Waals surface area contributed by atoms with Gasteiger partial charge in [-0.05, 0) is 25.2 Å². The van der Waals surface area contributed by atoms with Gasteiger partial charge in [0.25, 0.3) is 0 Å². The van der Waals surface area contributed by atoms with Gasteiger partial charge in [-0.3, -0.25) is 10.1 Å². The molecule has 1 N–H and O–H groups in total. The van der Waals surface area contributed by atoms with Crippen LogP contribution < -0.4 is 5.32 Å². The average molecular weight is 254 g/mol. The third-order valence-electron chi connectivity index (χ3n) is 3.71. The number of amides is 1. The van der Waals surface area contributed by atoms with E-state index in [9.17, 15) is 4.79 Å². The topological polar surface area (TPSA) is 32.3 Å². The monoisotopic (exact) mass is 254 g/mol. The summed E-state index contributed by atoms with van der Waals surface area (Å²) in [6.07, 6.45) is 7.23. The molecule has 1 aliphatic heterocycles. The molecule has 0 aliphatic carbocycles. The molecule has 1 aliphatic rings. The summed E-state index contributed by atoms with van der Waals surface area (Å²) in [6.45, 7) is 9.42. The largest absolute Gasteiger partial charge is 0.323 e. The Morgan fingerprint density at radius 3 is 2.56 bits per heavy atom. The van der Waals surface area contributed by atoms with Crippen molar-refractivity contribution in [2.24, 2.45) is 5.92 Å². The summed E-state index contributed by atoms with van der Waals surface area (Å²) < 4.78 is 0. The molecule has 0 saturated carbocycles. The Morgan fingerprint density at radius 2 is 2.00 bits per heavy atom. The van der Waals surface area contributed by atoms with E-state index in [-0.39, 0.29) is 6.17 Å². The predicted octanol–water partition coefficient (Wildman–Crippen LogP) is 3.15. The van der Waals surface area contributed by atoms with Crippen molar-refractivity contribution in [1.29, 1.82) is 0 Å². The molecule has 0 aromatic rings. The Kier molecular flexibility index (Phi) is 6.69. The molecule has 0 spiro atoms. The van der Waals surface area contributed by atoms with Crippen molar-refractivity contribution in [1.82, 2.24) is 10.2 Å². The van der Waals surface area contributed by atoms with E-state index < -0.39 is 0 Å². The van der Waals surface area contributed by atoms with E-state index >= 15 is 0 Å². The van der Waals surface area contributed by atoms with Crippen LogP contribution in [0.15, 0.2) is 0 Å². The van der Waals surface area contributed by atoms with Crippen LogP contribution in [0.5, 0.6) is 0 Å². The van der Waals surface area contributed by atoms with Gasteiger partial charge in [0.15, 0.2) is 0 Å². The Bertz CT molecular complexity index is 253. The highest BCUT2D eigenvalue weighted by Crippen LogP contribution is 2.23. The number of carbonyl (C=O) groups is 1. The molecule has 1 rings (SSSR count). The summed E-state index contributed by atoms with van der Waals surface area (Å²) in [5.41, 5.74) is 0. The molecular weight excluding hydrogens is 224 g/mol. The minimum atomic E-state index is 0.269. The molecule has 1 heterocycles. The maximum absolute atomic E-state index is 12.1. The highest BCUT2D eigenvalue weighted by atomic mass is 16.2. The van der Waals surface area contributed by atoms with Crippen LogP contribution >= 0.6 is 0 Å². The zero-order valence-electron chi connectivity index (χ0n) is 12.5. The maximum atomic E-state index is 12.1. The molecule has 0 radical (unpaired) electrons. The van der Waals surface area contributed by atoms with Crippen LogP contribution in [0.3, 0.4) is 0 Å². The van der Waals surface area contributed by atoms with E-state index in [2.05, 4.69) is 37.9 Å². The molecule has 1 fully saturated rings. The Hall–Kier alpha value is -0.570. The number of nitrogens with one attached hydrogen (secondary N) is 1. The van der Waals surface area contributed by atoms with E-state index in [1.54, 1.807) is 0 Å². The van der Waals surface area contributed by atoms with Gasteiger partial charge >= 0.3 is 0 Å². The van der Waals surface area contributed by atoms with Crippen LogP contribution in [-0.4, -0.2) is 29.6 Å². The molecule has 1 amide bonds. The first-order chi connectivity index (χ1) is 8.60. The highest BCUT2D eigenvalue weighted by molar-refractivity contribution is 5.81. The second-order valence-corrected chi connectivity index (χ2v) is 5.91. The molecule has 0 aromatic carbocycles. The van der Waals surface area contributed by atoms with Crippen LogP contribution in [0.1, 0.15) is 66.2 Å². The van der Waals surface area contributed by atoms with Gasteiger partial charge in [0.2, 0.25) is 5.91 Å². The molecule has 18 heavy (non-hydrogen) atoms. The Balaban J connectivity index is 2.67. The average Bonchev–Trinajstić information content (AvgIpc) is 2.65. The summed E-state index contributed by atoms with van der Waals surface area (Å²) in [6, 6.07) is 0.446. The van der Waals surface area contributed by atoms with Gasteiger partial charge < -0.3 is 4.90 Å². The third-order valence-corrected chi connectivity index (χ3v) is 3.71. The lowest BCUT2D eigenvalue weighted by molar-refractivity contribution is -0.130. The molecule has 1 saturated heterocycles. The van der Waals surface area contributed by atoms with Crippen LogP contribution in [0.4, 0.5) is 0 Å². The molecule has 3 nitrogen and oxygen atoms in total. The second-order valence-electron chi connectivity index (χ2n) is 5.91. The van der Waals surface area contributed by atoms with Crippen molar-refractivity contribution in [2.75, 3.05) is 6.54 Å². The van der Waals surface area contributed by atoms with Crippen molar-refractivity contribution < 1.29 is 4.79 Å². The molecular formula is C15H30N2O. The summed E-state index contributed by atoms with van der Waals surface area (Å²) in [5.74, 6) is 0.930. The van der Waals surface area contributed by atoms with Gasteiger partial charge in [0, 0.05) is 6.04 Å². The van der Waals surface area contributed by atoms with Gasteiger partial charge in [-0.2, -0.15) is 0 Å². The van der Waals surface area contributed by atoms with E-state index in [1.807, 2.05) is 0 Å². The maximum Gasteiger partial charge on any atom is 0.238 e. The number of hydrogen-bond acceptors (Lipinski definition) is 2. The minimum absolute atomic E-state index is 0.269. The van der Waals surface area contributed by atoms with E-state index in [0.717, 1.165) is 25.7 Å². The van der Waals surface area contributed by atoms with E-state index in [0.29, 0.717) is 24.4 Å². The fourth-order valence-corrected chi connectivity index (χ4v) is 2.87. The van der Waals surface area contributed by atoms with Crippen LogP contribution in [0, 0.1) is 5.92 Å². The molecule has 106 valence electrons. The Labute approximate surface area is 112 Å². The van der Waals surface area contributed by atoms with Crippen LogP contribution in [-0.2, 0) is 4.79 Å². The van der Waals surface area contributed by atoms with Gasteiger partial charge in [0.1, 0.15) is 0 Å². The lowest BCUT2D eigenvalue weighted by atomic mass is 10.0. The van der Waals surface area contributed by atoms with E-state index in [1.165, 1.54) is 12.8 Å². The minimum Gasteiger partial charge on any atom is -0.323 e. The van der Waals surface area contributed by atoms with Gasteiger partial charge in [-0.1, -0.05) is 47.0 Å². The fraction of sp³-hybridized carbons (Fsp3) is 0.933. The zero-order chi connectivity index (χ0) is 13.5. The first-order valence-electron chi connectivity index (χ1n) is 7.64. The molecule has 2 unspecified atom stereocenters. The molecule has 2 atom stereocenters. The third kappa shape index (κ3) is 4.27. The highest BCUT2D eigenvalue weighted by Gasteiger charge is 2.35. The smallest absolute Gasteiger partial charge is 0.238 e. The first-order valence-corrected chi connectivity index (χ1v) is 7.64. The number of rotatable bonds is 8. The second kappa shape index (κ2) is 7.78. The first kappa shape index (κ1) is 15.5. The predicted molar refractivity (Wildman–Crippen MR) is 76.3 cm³/mol. The normalized spacial score (nSPS) is 21.9. The number of unbranched alkanes of at least 4 members (excludes halogenated alkanes) is 1. The quantitative estimate of drug-likeness (QED) is 0.721. The molecule has 3 heteroatoms. The summed E-state index contributed by atoms with van der Waals surface area (Å²) in [5, 5.41) is 3.38. The standard InChI is InChI=1S/C15H30N2O/c1-5-7-9-13(8-6-2)17-14(10-12(3)4)16-11-15(17)18/h12-14,16H,5-11H2,1-4H3. The zero-order valence-corrected chi connectivity index (χ0v) is 12.5. The van der Waals surface area contributed by atoms with Crippen molar-refractivity contribution in [3.8, 4) is 0 Å². The summed E-state index contributed by atoms with van der Waals surface area (Å²) in [7, 11) is 0. The van der Waals surface area contributed by atoms with Crippen molar-refractivity contribution in [3.05, 3.63) is 0 Å². The van der Waals surface area contributed by atoms with Gasteiger partial charge in [-0.25, -0.2) is 0 Å². The Morgan fingerprint density at radius 1 is 1.28 bits per heavy atom. The SMILES string of the molecule is CCCCC(CCC)N1C(=O)CNC1CC(C)C. The van der Waals surface area contributed by atoms with Crippen LogP contribution in [0.2, 0.25) is 0 Å². The van der Waals surface area contributed by atoms with E-state index in [4.69, 9.17) is 0 Å². The summed E-state index contributed by atoms with van der Waals surface area (Å²) in [4.78, 5) is 14.3. The molecule has 0 aromatic heterocycles. The molecule has 0 bridgehead atoms. The lowest BCUT2D eigenvalue weighted by Gasteiger charge is -2.33. The lowest BCUT2D eigenvalue weighted by Crippen LogP contribution is -2.45. The van der Waals surface area contributed by atoms with Gasteiger partial charge in [-0.15, -0.1) is 0 Å². The summed E-state index contributed by atoms with van der Waals surface area (Å²) >= 11 is 0. The van der Waals surface area contributed by atoms with Crippen LogP contribution in [0.25, 0.3) is 0 Å².